The number of aryl methyl sites for hydroxylation is 1. The van der Waals surface area contributed by atoms with Gasteiger partial charge in [-0.05, 0) is 24.6 Å². The number of sulfone groups is 1. The molecular weight excluding hydrogens is 410 g/mol. The molecule has 0 bridgehead atoms. The molecule has 3 aromatic rings. The fourth-order valence-corrected chi connectivity index (χ4v) is 4.29. The van der Waals surface area contributed by atoms with E-state index in [2.05, 4.69) is 15.3 Å². The molecule has 0 aliphatic carbocycles. The van der Waals surface area contributed by atoms with E-state index in [1.54, 1.807) is 19.1 Å². The average Bonchev–Trinajstić information content (AvgIpc) is 3.20. The number of imidazole rings is 1. The summed E-state index contributed by atoms with van der Waals surface area (Å²) in [5.74, 6) is -0.472. The maximum Gasteiger partial charge on any atom is 0.320 e. The first-order valence-electron chi connectivity index (χ1n) is 8.01. The second kappa shape index (κ2) is 7.76. The van der Waals surface area contributed by atoms with E-state index in [4.69, 9.17) is 0 Å². The zero-order chi connectivity index (χ0) is 20.5. The molecule has 3 rings (SSSR count). The number of hydrogen-bond acceptors (Lipinski definition) is 6. The van der Waals surface area contributed by atoms with E-state index < -0.39 is 22.3 Å². The second-order valence-electron chi connectivity index (χ2n) is 6.09. The summed E-state index contributed by atoms with van der Waals surface area (Å²) < 4.78 is 49.5. The van der Waals surface area contributed by atoms with Crippen LogP contribution in [0, 0.1) is 6.92 Å². The minimum Gasteiger partial charge on any atom is -0.298 e. The van der Waals surface area contributed by atoms with E-state index in [0.717, 1.165) is 22.2 Å². The van der Waals surface area contributed by atoms with Crippen LogP contribution in [0.2, 0.25) is 0 Å². The maximum absolute atomic E-state index is 13.1. The van der Waals surface area contributed by atoms with Gasteiger partial charge in [-0.1, -0.05) is 23.5 Å². The van der Waals surface area contributed by atoms with Crippen LogP contribution >= 0.6 is 11.3 Å². The zero-order valence-electron chi connectivity index (χ0n) is 14.9. The Morgan fingerprint density at radius 1 is 1.29 bits per heavy atom. The number of aromatic nitrogens is 3. The van der Waals surface area contributed by atoms with Crippen LogP contribution in [0.4, 0.5) is 13.9 Å². The van der Waals surface area contributed by atoms with E-state index >= 15 is 0 Å². The number of nitrogens with zero attached hydrogens (tertiary/aromatic N) is 3. The third-order valence-corrected chi connectivity index (χ3v) is 5.67. The van der Waals surface area contributed by atoms with Crippen LogP contribution in [0.3, 0.4) is 0 Å². The van der Waals surface area contributed by atoms with Crippen molar-refractivity contribution in [2.75, 3.05) is 11.6 Å². The zero-order valence-corrected chi connectivity index (χ0v) is 16.5. The van der Waals surface area contributed by atoms with Gasteiger partial charge in [0.2, 0.25) is 0 Å². The largest absolute Gasteiger partial charge is 0.320 e. The van der Waals surface area contributed by atoms with Crippen LogP contribution in [0.1, 0.15) is 28.2 Å². The normalized spacial score (nSPS) is 11.8. The lowest BCUT2D eigenvalue weighted by atomic mass is 10.1. The minimum absolute atomic E-state index is 0.0793. The molecule has 148 valence electrons. The second-order valence-corrected chi connectivity index (χ2v) is 9.23. The monoisotopic (exact) mass is 426 g/mol. The van der Waals surface area contributed by atoms with Crippen molar-refractivity contribution in [1.29, 1.82) is 0 Å². The van der Waals surface area contributed by atoms with Gasteiger partial charge in [-0.15, -0.1) is 0 Å². The molecule has 1 amide bonds. The maximum atomic E-state index is 13.1. The van der Waals surface area contributed by atoms with Crippen molar-refractivity contribution in [3.05, 3.63) is 53.5 Å². The van der Waals surface area contributed by atoms with E-state index in [-0.39, 0.29) is 16.7 Å². The molecular formula is C17H16F2N4O3S2. The van der Waals surface area contributed by atoms with E-state index in [0.29, 0.717) is 21.7 Å². The number of thiazole rings is 1. The number of amides is 1. The molecule has 0 radical (unpaired) electrons. The van der Waals surface area contributed by atoms with Gasteiger partial charge in [-0.25, -0.2) is 18.4 Å². The molecule has 0 spiro atoms. The Morgan fingerprint density at radius 3 is 2.57 bits per heavy atom. The van der Waals surface area contributed by atoms with Crippen LogP contribution in [-0.2, 0) is 15.6 Å². The minimum atomic E-state index is -3.16. The number of nitrogens with one attached hydrogen (secondary N) is 1. The lowest BCUT2D eigenvalue weighted by Gasteiger charge is -2.04. The van der Waals surface area contributed by atoms with Crippen LogP contribution in [-0.4, -0.2) is 35.1 Å². The summed E-state index contributed by atoms with van der Waals surface area (Å²) in [5, 5.41) is 2.87. The highest BCUT2D eigenvalue weighted by molar-refractivity contribution is 7.89. The van der Waals surface area contributed by atoms with Gasteiger partial charge in [0.15, 0.2) is 20.8 Å². The first-order valence-corrected chi connectivity index (χ1v) is 10.9. The summed E-state index contributed by atoms with van der Waals surface area (Å²) in [5.41, 5.74) is 1.36. The van der Waals surface area contributed by atoms with E-state index in [1.807, 2.05) is 0 Å². The van der Waals surface area contributed by atoms with Crippen molar-refractivity contribution in [3.63, 3.8) is 0 Å². The number of alkyl halides is 2. The Balaban J connectivity index is 1.77. The average molecular weight is 426 g/mol. The fraction of sp³-hybridized carbons (Fsp3) is 0.235. The Labute approximate surface area is 164 Å². The molecule has 0 aliphatic rings. The first-order chi connectivity index (χ1) is 13.1. The first kappa shape index (κ1) is 20.1. The van der Waals surface area contributed by atoms with Gasteiger partial charge in [0.25, 0.3) is 5.91 Å². The molecule has 0 aliphatic heterocycles. The molecule has 0 unspecified atom stereocenters. The number of benzene rings is 1. The molecule has 28 heavy (non-hydrogen) atoms. The number of hydrogen-bond donors (Lipinski definition) is 1. The van der Waals surface area contributed by atoms with Gasteiger partial charge in [0, 0.05) is 24.2 Å². The van der Waals surface area contributed by atoms with Crippen molar-refractivity contribution in [2.45, 2.75) is 19.2 Å². The molecule has 0 fully saturated rings. The Hall–Kier alpha value is -2.66. The summed E-state index contributed by atoms with van der Waals surface area (Å²) in [4.78, 5) is 21.0. The molecule has 11 heteroatoms. The fourth-order valence-electron chi connectivity index (χ4n) is 2.53. The van der Waals surface area contributed by atoms with Gasteiger partial charge < -0.3 is 0 Å². The van der Waals surface area contributed by atoms with Crippen molar-refractivity contribution >= 4 is 32.2 Å². The highest BCUT2D eigenvalue weighted by Crippen LogP contribution is 2.33. The quantitative estimate of drug-likeness (QED) is 0.651. The molecule has 1 N–H and O–H groups in total. The van der Waals surface area contributed by atoms with E-state index in [1.165, 1.54) is 24.5 Å². The molecule has 0 saturated carbocycles. The Morgan fingerprint density at radius 2 is 1.96 bits per heavy atom. The number of carbonyl (C=O) groups is 1. The lowest BCUT2D eigenvalue weighted by Crippen LogP contribution is -2.11. The topological polar surface area (TPSA) is 93.9 Å². The molecule has 0 saturated heterocycles. The highest BCUT2D eigenvalue weighted by Gasteiger charge is 2.19. The summed E-state index contributed by atoms with van der Waals surface area (Å²) in [6.45, 7) is -1.09. The lowest BCUT2D eigenvalue weighted by molar-refractivity contribution is 0.0720. The summed E-state index contributed by atoms with van der Waals surface area (Å²) >= 11 is 1.04. The van der Waals surface area contributed by atoms with Gasteiger partial charge in [-0.3, -0.25) is 14.7 Å². The van der Waals surface area contributed by atoms with Crippen molar-refractivity contribution in [2.24, 2.45) is 0 Å². The predicted octanol–water partition coefficient (Wildman–Crippen LogP) is 3.51. The highest BCUT2D eigenvalue weighted by atomic mass is 32.2. The van der Waals surface area contributed by atoms with Crippen molar-refractivity contribution in [1.82, 2.24) is 14.5 Å². The third kappa shape index (κ3) is 4.60. The van der Waals surface area contributed by atoms with Gasteiger partial charge >= 0.3 is 6.55 Å². The molecule has 7 nitrogen and oxygen atoms in total. The van der Waals surface area contributed by atoms with Crippen molar-refractivity contribution in [3.8, 4) is 10.7 Å². The van der Waals surface area contributed by atoms with Crippen molar-refractivity contribution < 1.29 is 22.0 Å². The van der Waals surface area contributed by atoms with Crippen LogP contribution in [0.5, 0.6) is 0 Å². The van der Waals surface area contributed by atoms with Crippen LogP contribution in [0.25, 0.3) is 10.7 Å². The SMILES string of the molecule is Cc1nc(NC(=O)c2ccc(CS(C)(=O)=O)cc2)sc1-c1nccn1C(F)F. The molecule has 2 heterocycles. The third-order valence-electron chi connectivity index (χ3n) is 3.74. The van der Waals surface area contributed by atoms with Gasteiger partial charge in [-0.2, -0.15) is 8.78 Å². The van der Waals surface area contributed by atoms with Gasteiger partial charge in [0.05, 0.1) is 16.3 Å². The molecule has 1 aromatic carbocycles. The van der Waals surface area contributed by atoms with Gasteiger partial charge in [0.1, 0.15) is 0 Å². The van der Waals surface area contributed by atoms with Crippen LogP contribution in [0.15, 0.2) is 36.7 Å². The number of rotatable bonds is 6. The smallest absolute Gasteiger partial charge is 0.298 e. The standard InChI is InChI=1S/C17H16F2N4O3S2/c1-10-13(14-20-7-8-23(14)16(18)19)27-17(21-10)22-15(24)12-5-3-11(4-6-12)9-28(2,25)26/h3-8,16H,9H2,1-2H3,(H,21,22,24). The molecule has 0 atom stereocenters. The summed E-state index contributed by atoms with van der Waals surface area (Å²) in [7, 11) is -3.16. The molecule has 2 aromatic heterocycles. The number of anilines is 1. The number of carbonyl (C=O) groups excluding carboxylic acids is 1. The summed E-state index contributed by atoms with van der Waals surface area (Å²) in [6, 6.07) is 6.16. The van der Waals surface area contributed by atoms with E-state index in [9.17, 15) is 22.0 Å². The summed E-state index contributed by atoms with van der Waals surface area (Å²) in [6.07, 6.45) is 3.59. The van der Waals surface area contributed by atoms with Crippen LogP contribution < -0.4 is 5.32 Å². The number of halogens is 2. The Kier molecular flexibility index (Phi) is 5.57. The Bertz CT molecular complexity index is 1110. The predicted molar refractivity (Wildman–Crippen MR) is 102 cm³/mol.